The average molecular weight is 261 g/mol. The molecule has 92 valence electrons. The van der Waals surface area contributed by atoms with Gasteiger partial charge in [-0.3, -0.25) is 0 Å². The molecule has 0 fully saturated rings. The van der Waals surface area contributed by atoms with Gasteiger partial charge in [0.2, 0.25) is 0 Å². The number of azide groups is 1. The molecule has 0 radical (unpaired) electrons. The molecule has 2 unspecified atom stereocenters. The van der Waals surface area contributed by atoms with E-state index in [4.69, 9.17) is 17.1 Å². The minimum absolute atomic E-state index is 0.00909. The second kappa shape index (κ2) is 6.36. The van der Waals surface area contributed by atoms with Crippen molar-refractivity contribution >= 4 is 11.6 Å². The third-order valence-corrected chi connectivity index (χ3v) is 2.41. The van der Waals surface area contributed by atoms with Crippen LogP contribution < -0.4 is 0 Å². The Hall–Kier alpha value is -1.40. The van der Waals surface area contributed by atoms with Crippen LogP contribution in [0.2, 0.25) is 5.15 Å². The van der Waals surface area contributed by atoms with Gasteiger partial charge in [-0.2, -0.15) is 0 Å². The second-order valence-electron chi connectivity index (χ2n) is 3.26. The minimum Gasteiger partial charge on any atom is -0.390 e. The summed E-state index contributed by atoms with van der Waals surface area (Å²) in [5.41, 5.74) is 7.90. The largest absolute Gasteiger partial charge is 0.390 e. The van der Waals surface area contributed by atoms with Crippen LogP contribution in [0.25, 0.3) is 10.4 Å². The summed E-state index contributed by atoms with van der Waals surface area (Å²) in [6.45, 7) is 0.00909. The van der Waals surface area contributed by atoms with Gasteiger partial charge in [-0.1, -0.05) is 16.7 Å². The van der Waals surface area contributed by atoms with Crippen molar-refractivity contribution in [2.45, 2.75) is 18.6 Å². The highest BCUT2D eigenvalue weighted by Gasteiger charge is 2.22. The molecule has 0 amide bonds. The van der Waals surface area contributed by atoms with Crippen molar-refractivity contribution in [1.29, 1.82) is 0 Å². The molecule has 1 rings (SSSR count). The van der Waals surface area contributed by atoms with E-state index in [-0.39, 0.29) is 23.7 Å². The van der Waals surface area contributed by atoms with E-state index >= 15 is 0 Å². The Morgan fingerprint density at radius 3 is 2.94 bits per heavy atom. The van der Waals surface area contributed by atoms with E-state index in [0.29, 0.717) is 0 Å². The fourth-order valence-electron chi connectivity index (χ4n) is 1.26. The van der Waals surface area contributed by atoms with E-state index in [9.17, 15) is 14.6 Å². The van der Waals surface area contributed by atoms with Gasteiger partial charge in [-0.25, -0.2) is 9.37 Å². The first-order chi connectivity index (χ1) is 8.07. The molecule has 2 N–H and O–H groups in total. The number of rotatable bonds is 5. The second-order valence-corrected chi connectivity index (χ2v) is 3.62. The fraction of sp³-hybridized carbons (Fsp3) is 0.444. The Labute approximate surface area is 101 Å². The lowest BCUT2D eigenvalue weighted by Gasteiger charge is -2.17. The predicted molar refractivity (Wildman–Crippen MR) is 58.8 cm³/mol. The summed E-state index contributed by atoms with van der Waals surface area (Å²) < 4.78 is 13.5. The number of hydrogen-bond acceptors (Lipinski definition) is 4. The van der Waals surface area contributed by atoms with Crippen LogP contribution in [0, 0.1) is 5.82 Å². The molecule has 0 aliphatic rings. The highest BCUT2D eigenvalue weighted by molar-refractivity contribution is 6.29. The summed E-state index contributed by atoms with van der Waals surface area (Å²) >= 11 is 5.44. The zero-order chi connectivity index (χ0) is 12.8. The maximum absolute atomic E-state index is 13.5. The third kappa shape index (κ3) is 3.54. The van der Waals surface area contributed by atoms with Crippen LogP contribution in [0.3, 0.4) is 0 Å². The molecule has 0 aliphatic heterocycles. The number of hydrogen-bond donors (Lipinski definition) is 2. The number of aliphatic hydroxyl groups excluding tert-OH is 2. The maximum Gasteiger partial charge on any atom is 0.166 e. The highest BCUT2D eigenvalue weighted by Crippen LogP contribution is 2.24. The topological polar surface area (TPSA) is 102 Å². The van der Waals surface area contributed by atoms with Crippen LogP contribution in [0.1, 0.15) is 18.1 Å². The number of halogens is 2. The van der Waals surface area contributed by atoms with E-state index < -0.39 is 18.0 Å². The smallest absolute Gasteiger partial charge is 0.166 e. The molecule has 0 saturated carbocycles. The van der Waals surface area contributed by atoms with Gasteiger partial charge in [0.25, 0.3) is 0 Å². The zero-order valence-corrected chi connectivity index (χ0v) is 9.42. The Morgan fingerprint density at radius 2 is 2.29 bits per heavy atom. The molecule has 8 heteroatoms. The summed E-state index contributed by atoms with van der Waals surface area (Å²) in [7, 11) is 0. The molecule has 0 spiro atoms. The summed E-state index contributed by atoms with van der Waals surface area (Å²) in [5.74, 6) is -0.871. The van der Waals surface area contributed by atoms with Crippen LogP contribution >= 0.6 is 11.6 Å². The quantitative estimate of drug-likeness (QED) is 0.366. The average Bonchev–Trinajstić information content (AvgIpc) is 2.32. The van der Waals surface area contributed by atoms with Crippen LogP contribution in [-0.4, -0.2) is 27.8 Å². The van der Waals surface area contributed by atoms with Gasteiger partial charge in [0, 0.05) is 23.2 Å². The van der Waals surface area contributed by atoms with E-state index in [1.165, 1.54) is 12.3 Å². The molecule has 17 heavy (non-hydrogen) atoms. The van der Waals surface area contributed by atoms with Crippen molar-refractivity contribution in [1.82, 2.24) is 4.98 Å². The molecule has 0 bridgehead atoms. The third-order valence-electron chi connectivity index (χ3n) is 2.15. The molecular formula is C9H10ClFN4O2. The molecule has 1 aromatic rings. The first-order valence-electron chi connectivity index (χ1n) is 4.74. The molecule has 6 nitrogen and oxygen atoms in total. The number of aromatic nitrogens is 1. The Kier molecular flexibility index (Phi) is 5.11. The van der Waals surface area contributed by atoms with Crippen molar-refractivity contribution < 1.29 is 14.6 Å². The number of nitrogens with zero attached hydrogens (tertiary/aromatic N) is 4. The molecule has 0 saturated heterocycles. The molecular weight excluding hydrogens is 251 g/mol. The first kappa shape index (κ1) is 13.7. The van der Waals surface area contributed by atoms with Crippen LogP contribution in [-0.2, 0) is 0 Å². The van der Waals surface area contributed by atoms with Gasteiger partial charge in [0.1, 0.15) is 6.10 Å². The van der Waals surface area contributed by atoms with Crippen LogP contribution in [0.4, 0.5) is 4.39 Å². The van der Waals surface area contributed by atoms with Gasteiger partial charge in [-0.05, 0) is 18.0 Å². The van der Waals surface area contributed by atoms with Gasteiger partial charge >= 0.3 is 0 Å². The van der Waals surface area contributed by atoms with Gasteiger partial charge in [0.15, 0.2) is 11.0 Å². The normalized spacial score (nSPS) is 13.9. The van der Waals surface area contributed by atoms with Crippen LogP contribution in [0.15, 0.2) is 17.4 Å². The van der Waals surface area contributed by atoms with Crippen molar-refractivity contribution in [2.75, 3.05) is 6.54 Å². The molecule has 1 aromatic heterocycles. The van der Waals surface area contributed by atoms with Crippen molar-refractivity contribution in [2.24, 2.45) is 5.11 Å². The molecule has 0 aromatic carbocycles. The monoisotopic (exact) mass is 260 g/mol. The van der Waals surface area contributed by atoms with E-state index in [0.717, 1.165) is 0 Å². The molecule has 0 aliphatic carbocycles. The lowest BCUT2D eigenvalue weighted by molar-refractivity contribution is 0.0129. The molecule has 2 atom stereocenters. The number of aliphatic hydroxyl groups is 2. The Bertz CT molecular complexity index is 439. The van der Waals surface area contributed by atoms with Gasteiger partial charge < -0.3 is 10.2 Å². The Balaban J connectivity index is 2.77. The SMILES string of the molecule is [N-]=[N+]=NCCC(O)C(O)c1ccnc(Cl)c1F. The highest BCUT2D eigenvalue weighted by atomic mass is 35.5. The van der Waals surface area contributed by atoms with E-state index in [1.54, 1.807) is 0 Å². The summed E-state index contributed by atoms with van der Waals surface area (Å²) in [4.78, 5) is 5.99. The Morgan fingerprint density at radius 1 is 1.59 bits per heavy atom. The predicted octanol–water partition coefficient (Wildman–Crippen LogP) is 1.97. The zero-order valence-electron chi connectivity index (χ0n) is 8.66. The maximum atomic E-state index is 13.5. The standard InChI is InChI=1S/C9H10ClFN4O2/c10-9-7(11)5(1-3-13-9)8(17)6(16)2-4-14-15-12/h1,3,6,8,16-17H,2,4H2. The lowest BCUT2D eigenvalue weighted by atomic mass is 10.0. The summed E-state index contributed by atoms with van der Waals surface area (Å²) in [6.07, 6.45) is -1.44. The van der Waals surface area contributed by atoms with Gasteiger partial charge in [-0.15, -0.1) is 0 Å². The van der Waals surface area contributed by atoms with Crippen molar-refractivity contribution in [3.05, 3.63) is 39.2 Å². The fourth-order valence-corrected chi connectivity index (χ4v) is 1.43. The van der Waals surface area contributed by atoms with Crippen molar-refractivity contribution in [3.8, 4) is 0 Å². The molecule has 1 heterocycles. The van der Waals surface area contributed by atoms with Crippen LogP contribution in [0.5, 0.6) is 0 Å². The summed E-state index contributed by atoms with van der Waals surface area (Å²) in [6, 6.07) is 1.22. The lowest BCUT2D eigenvalue weighted by Crippen LogP contribution is -2.20. The van der Waals surface area contributed by atoms with E-state index in [2.05, 4.69) is 15.0 Å². The van der Waals surface area contributed by atoms with E-state index in [1.807, 2.05) is 0 Å². The van der Waals surface area contributed by atoms with Crippen molar-refractivity contribution in [3.63, 3.8) is 0 Å². The van der Waals surface area contributed by atoms with Gasteiger partial charge in [0.05, 0.1) is 6.10 Å². The first-order valence-corrected chi connectivity index (χ1v) is 5.12. The number of pyridine rings is 1. The minimum atomic E-state index is -1.44. The summed E-state index contributed by atoms with van der Waals surface area (Å²) in [5, 5.41) is 22.1.